The van der Waals surface area contributed by atoms with Crippen LogP contribution in [0, 0.1) is 0 Å². The SMILES string of the molecule is CC(=O)c1cnc(CC2CCCCO2)[nH]1. The van der Waals surface area contributed by atoms with E-state index in [1.807, 2.05) is 0 Å². The second kappa shape index (κ2) is 4.57. The van der Waals surface area contributed by atoms with Crippen molar-refractivity contribution in [3.05, 3.63) is 17.7 Å². The minimum atomic E-state index is 0.0262. The lowest BCUT2D eigenvalue weighted by Gasteiger charge is -2.21. The highest BCUT2D eigenvalue weighted by Gasteiger charge is 2.16. The number of nitrogens with one attached hydrogen (secondary N) is 1. The summed E-state index contributed by atoms with van der Waals surface area (Å²) in [6.07, 6.45) is 6.13. The van der Waals surface area contributed by atoms with Crippen LogP contribution in [-0.2, 0) is 11.2 Å². The van der Waals surface area contributed by atoms with E-state index in [4.69, 9.17) is 4.74 Å². The topological polar surface area (TPSA) is 55.0 Å². The van der Waals surface area contributed by atoms with Crippen molar-refractivity contribution in [1.29, 1.82) is 0 Å². The maximum atomic E-state index is 11.0. The smallest absolute Gasteiger partial charge is 0.177 e. The van der Waals surface area contributed by atoms with Crippen molar-refractivity contribution in [2.24, 2.45) is 0 Å². The molecular formula is C11H16N2O2. The third-order valence-electron chi connectivity index (χ3n) is 2.70. The minimum absolute atomic E-state index is 0.0262. The number of hydrogen-bond donors (Lipinski definition) is 1. The Hall–Kier alpha value is -1.16. The van der Waals surface area contributed by atoms with Crippen LogP contribution in [0.4, 0.5) is 0 Å². The lowest BCUT2D eigenvalue weighted by Crippen LogP contribution is -2.21. The van der Waals surface area contributed by atoms with Gasteiger partial charge in [-0.1, -0.05) is 0 Å². The molecule has 1 saturated heterocycles. The molecule has 82 valence electrons. The monoisotopic (exact) mass is 208 g/mol. The highest BCUT2D eigenvalue weighted by molar-refractivity contribution is 5.91. The molecule has 1 aliphatic heterocycles. The summed E-state index contributed by atoms with van der Waals surface area (Å²) >= 11 is 0. The van der Waals surface area contributed by atoms with Gasteiger partial charge >= 0.3 is 0 Å². The molecule has 2 heterocycles. The standard InChI is InChI=1S/C11H16N2O2/c1-8(14)10-7-12-11(13-10)6-9-4-2-3-5-15-9/h7,9H,2-6H2,1H3,(H,12,13). The first-order chi connectivity index (χ1) is 7.25. The predicted molar refractivity (Wildman–Crippen MR) is 55.9 cm³/mol. The van der Waals surface area contributed by atoms with Crippen LogP contribution < -0.4 is 0 Å². The first-order valence-corrected chi connectivity index (χ1v) is 5.42. The first kappa shape index (κ1) is 10.4. The maximum Gasteiger partial charge on any atom is 0.177 e. The molecule has 0 saturated carbocycles. The van der Waals surface area contributed by atoms with E-state index >= 15 is 0 Å². The lowest BCUT2D eigenvalue weighted by molar-refractivity contribution is 0.0157. The maximum absolute atomic E-state index is 11.0. The van der Waals surface area contributed by atoms with Crippen molar-refractivity contribution in [3.63, 3.8) is 0 Å². The lowest BCUT2D eigenvalue weighted by atomic mass is 10.1. The zero-order valence-electron chi connectivity index (χ0n) is 8.95. The highest BCUT2D eigenvalue weighted by atomic mass is 16.5. The van der Waals surface area contributed by atoms with Gasteiger partial charge in [-0.15, -0.1) is 0 Å². The van der Waals surface area contributed by atoms with Crippen LogP contribution in [0.2, 0.25) is 0 Å². The number of carbonyl (C=O) groups excluding carboxylic acids is 1. The highest BCUT2D eigenvalue weighted by Crippen LogP contribution is 2.15. The molecule has 1 aromatic heterocycles. The molecule has 0 aliphatic carbocycles. The molecule has 0 bridgehead atoms. The normalized spacial score (nSPS) is 21.5. The number of carbonyl (C=O) groups is 1. The fourth-order valence-electron chi connectivity index (χ4n) is 1.83. The molecule has 0 spiro atoms. The van der Waals surface area contributed by atoms with E-state index in [2.05, 4.69) is 9.97 Å². The second-order valence-corrected chi connectivity index (χ2v) is 3.99. The molecule has 4 nitrogen and oxygen atoms in total. The van der Waals surface area contributed by atoms with Crippen molar-refractivity contribution in [2.75, 3.05) is 6.61 Å². The average Bonchev–Trinajstić information content (AvgIpc) is 2.68. The Morgan fingerprint density at radius 2 is 2.53 bits per heavy atom. The molecule has 4 heteroatoms. The summed E-state index contributed by atoms with van der Waals surface area (Å²) < 4.78 is 5.61. The van der Waals surface area contributed by atoms with Gasteiger partial charge in [-0.2, -0.15) is 0 Å². The Kier molecular flexibility index (Phi) is 3.16. The zero-order valence-corrected chi connectivity index (χ0v) is 8.95. The number of Topliss-reactive ketones (excluding diaryl/α,β-unsaturated/α-hetero) is 1. The Labute approximate surface area is 89.0 Å². The number of H-pyrrole nitrogens is 1. The Balaban J connectivity index is 1.94. The quantitative estimate of drug-likeness (QED) is 0.769. The molecule has 0 amide bonds. The third kappa shape index (κ3) is 2.65. The molecule has 1 aromatic rings. The number of ether oxygens (including phenoxy) is 1. The van der Waals surface area contributed by atoms with E-state index in [0.717, 1.165) is 31.7 Å². The number of hydrogen-bond acceptors (Lipinski definition) is 3. The average molecular weight is 208 g/mol. The van der Waals surface area contributed by atoms with Gasteiger partial charge in [0.1, 0.15) is 11.5 Å². The second-order valence-electron chi connectivity index (χ2n) is 3.99. The minimum Gasteiger partial charge on any atom is -0.378 e. The van der Waals surface area contributed by atoms with Crippen LogP contribution in [0.15, 0.2) is 6.20 Å². The van der Waals surface area contributed by atoms with Gasteiger partial charge in [0.25, 0.3) is 0 Å². The van der Waals surface area contributed by atoms with E-state index in [1.165, 1.54) is 13.3 Å². The largest absolute Gasteiger partial charge is 0.378 e. The molecule has 2 rings (SSSR count). The number of ketones is 1. The molecule has 0 radical (unpaired) electrons. The number of nitrogens with zero attached hydrogens (tertiary/aromatic N) is 1. The Morgan fingerprint density at radius 3 is 3.13 bits per heavy atom. The van der Waals surface area contributed by atoms with Gasteiger partial charge in [0.05, 0.1) is 12.3 Å². The van der Waals surface area contributed by atoms with Crippen LogP contribution in [0.1, 0.15) is 42.5 Å². The Morgan fingerprint density at radius 1 is 1.67 bits per heavy atom. The fourth-order valence-corrected chi connectivity index (χ4v) is 1.83. The third-order valence-corrected chi connectivity index (χ3v) is 2.70. The molecule has 0 aromatic carbocycles. The summed E-state index contributed by atoms with van der Waals surface area (Å²) in [7, 11) is 0. The van der Waals surface area contributed by atoms with E-state index in [-0.39, 0.29) is 11.9 Å². The summed E-state index contributed by atoms with van der Waals surface area (Å²) in [6.45, 7) is 2.39. The summed E-state index contributed by atoms with van der Waals surface area (Å²) in [5, 5.41) is 0. The predicted octanol–water partition coefficient (Wildman–Crippen LogP) is 1.72. The van der Waals surface area contributed by atoms with Crippen molar-refractivity contribution in [1.82, 2.24) is 9.97 Å². The van der Waals surface area contributed by atoms with Crippen LogP contribution in [-0.4, -0.2) is 28.5 Å². The van der Waals surface area contributed by atoms with Gasteiger partial charge < -0.3 is 9.72 Å². The van der Waals surface area contributed by atoms with Crippen LogP contribution >= 0.6 is 0 Å². The molecule has 1 fully saturated rings. The summed E-state index contributed by atoms with van der Waals surface area (Å²) in [5.41, 5.74) is 0.584. The Bertz CT molecular complexity index is 340. The summed E-state index contributed by atoms with van der Waals surface area (Å²) in [5.74, 6) is 0.880. The van der Waals surface area contributed by atoms with Gasteiger partial charge in [-0.25, -0.2) is 4.98 Å². The van der Waals surface area contributed by atoms with E-state index in [0.29, 0.717) is 5.69 Å². The van der Waals surface area contributed by atoms with Crippen molar-refractivity contribution >= 4 is 5.78 Å². The summed E-state index contributed by atoms with van der Waals surface area (Å²) in [6, 6.07) is 0. The molecular weight excluding hydrogens is 192 g/mol. The van der Waals surface area contributed by atoms with Gasteiger partial charge in [0.2, 0.25) is 0 Å². The van der Waals surface area contributed by atoms with E-state index in [1.54, 1.807) is 6.20 Å². The molecule has 1 atom stereocenters. The van der Waals surface area contributed by atoms with Crippen molar-refractivity contribution in [3.8, 4) is 0 Å². The van der Waals surface area contributed by atoms with Crippen LogP contribution in [0.5, 0.6) is 0 Å². The zero-order chi connectivity index (χ0) is 10.7. The first-order valence-electron chi connectivity index (χ1n) is 5.42. The number of aromatic nitrogens is 2. The molecule has 1 aliphatic rings. The van der Waals surface area contributed by atoms with Crippen LogP contribution in [0.3, 0.4) is 0 Å². The molecule has 15 heavy (non-hydrogen) atoms. The number of imidazole rings is 1. The fraction of sp³-hybridized carbons (Fsp3) is 0.636. The van der Waals surface area contributed by atoms with Crippen molar-refractivity contribution in [2.45, 2.75) is 38.7 Å². The summed E-state index contributed by atoms with van der Waals surface area (Å²) in [4.78, 5) is 18.2. The molecule has 1 N–H and O–H groups in total. The van der Waals surface area contributed by atoms with E-state index in [9.17, 15) is 4.79 Å². The van der Waals surface area contributed by atoms with Crippen molar-refractivity contribution < 1.29 is 9.53 Å². The number of aromatic amines is 1. The van der Waals surface area contributed by atoms with Gasteiger partial charge in [0, 0.05) is 20.0 Å². The van der Waals surface area contributed by atoms with Crippen LogP contribution in [0.25, 0.3) is 0 Å². The van der Waals surface area contributed by atoms with Gasteiger partial charge in [0.15, 0.2) is 5.78 Å². The van der Waals surface area contributed by atoms with Gasteiger partial charge in [-0.3, -0.25) is 4.79 Å². The molecule has 1 unspecified atom stereocenters. The van der Waals surface area contributed by atoms with Gasteiger partial charge in [-0.05, 0) is 19.3 Å². The van der Waals surface area contributed by atoms with E-state index < -0.39 is 0 Å². The number of rotatable bonds is 3.